The summed E-state index contributed by atoms with van der Waals surface area (Å²) in [6.45, 7) is 2.35. The molecule has 1 saturated carbocycles. The highest BCUT2D eigenvalue weighted by atomic mass is 35.5. The van der Waals surface area contributed by atoms with Crippen molar-refractivity contribution in [1.29, 1.82) is 0 Å². The lowest BCUT2D eigenvalue weighted by Gasteiger charge is -2.27. The summed E-state index contributed by atoms with van der Waals surface area (Å²) in [7, 11) is 0. The van der Waals surface area contributed by atoms with Crippen LogP contribution < -0.4 is 10.1 Å². The highest BCUT2D eigenvalue weighted by Crippen LogP contribution is 2.36. The van der Waals surface area contributed by atoms with Crippen molar-refractivity contribution in [2.24, 2.45) is 5.41 Å². The molecule has 0 heterocycles. The quantitative estimate of drug-likeness (QED) is 0.849. The molecule has 1 fully saturated rings. The molecule has 1 aliphatic rings. The first-order valence-corrected chi connectivity index (χ1v) is 7.73. The highest BCUT2D eigenvalue weighted by molar-refractivity contribution is 6.30. The fraction of sp³-hybridized carbons (Fsp3) is 0.562. The fourth-order valence-corrected chi connectivity index (χ4v) is 2.83. The summed E-state index contributed by atoms with van der Waals surface area (Å²) in [6, 6.07) is 6.91. The van der Waals surface area contributed by atoms with E-state index in [0.29, 0.717) is 17.3 Å². The number of nitrogens with one attached hydrogen (secondary N) is 1. The number of halogens is 1. The van der Waals surface area contributed by atoms with E-state index < -0.39 is 6.10 Å². The lowest BCUT2D eigenvalue weighted by molar-refractivity contribution is -0.127. The van der Waals surface area contributed by atoms with Crippen LogP contribution in [0.4, 0.5) is 0 Å². The second kappa shape index (κ2) is 7.14. The molecule has 1 unspecified atom stereocenters. The van der Waals surface area contributed by atoms with Gasteiger partial charge in [0.1, 0.15) is 5.75 Å². The van der Waals surface area contributed by atoms with E-state index in [2.05, 4.69) is 5.32 Å². The molecule has 5 heteroatoms. The van der Waals surface area contributed by atoms with Gasteiger partial charge in [-0.05, 0) is 44.0 Å². The van der Waals surface area contributed by atoms with E-state index in [0.717, 1.165) is 25.7 Å². The van der Waals surface area contributed by atoms with Crippen LogP contribution in [0.1, 0.15) is 32.6 Å². The summed E-state index contributed by atoms with van der Waals surface area (Å²) in [5, 5.41) is 13.1. The summed E-state index contributed by atoms with van der Waals surface area (Å²) >= 11 is 5.81. The van der Waals surface area contributed by atoms with Gasteiger partial charge in [-0.25, -0.2) is 0 Å². The number of amides is 1. The van der Waals surface area contributed by atoms with E-state index in [1.165, 1.54) is 0 Å². The molecule has 1 aliphatic carbocycles. The smallest absolute Gasteiger partial charge is 0.260 e. The lowest BCUT2D eigenvalue weighted by atomic mass is 9.87. The van der Waals surface area contributed by atoms with Crippen LogP contribution in [0.15, 0.2) is 24.3 Å². The van der Waals surface area contributed by atoms with Gasteiger partial charge in [0.25, 0.3) is 5.91 Å². The van der Waals surface area contributed by atoms with Crippen LogP contribution in [-0.2, 0) is 4.79 Å². The summed E-state index contributed by atoms with van der Waals surface area (Å²) in [5.41, 5.74) is -0.143. The molecule has 2 N–H and O–H groups in total. The molecule has 1 amide bonds. The minimum atomic E-state index is -0.580. The third kappa shape index (κ3) is 4.35. The monoisotopic (exact) mass is 311 g/mol. The molecule has 1 aromatic carbocycles. The summed E-state index contributed by atoms with van der Waals surface area (Å²) in [4.78, 5) is 12.1. The average molecular weight is 312 g/mol. The van der Waals surface area contributed by atoms with E-state index in [4.69, 9.17) is 16.3 Å². The number of hydrogen-bond acceptors (Lipinski definition) is 3. The number of aliphatic hydroxyl groups excluding tert-OH is 1. The first kappa shape index (κ1) is 16.1. The van der Waals surface area contributed by atoms with Gasteiger partial charge in [0, 0.05) is 17.0 Å². The van der Waals surface area contributed by atoms with E-state index in [1.807, 2.05) is 0 Å². The third-order valence-corrected chi connectivity index (χ3v) is 4.38. The predicted molar refractivity (Wildman–Crippen MR) is 82.5 cm³/mol. The van der Waals surface area contributed by atoms with Gasteiger partial charge in [0.2, 0.25) is 0 Å². The van der Waals surface area contributed by atoms with E-state index in [9.17, 15) is 9.90 Å². The Labute approximate surface area is 130 Å². The fourth-order valence-electron chi connectivity index (χ4n) is 2.70. The summed E-state index contributed by atoms with van der Waals surface area (Å²) < 4.78 is 5.58. The summed E-state index contributed by atoms with van der Waals surface area (Å²) in [5.74, 6) is 0.449. The Morgan fingerprint density at radius 1 is 1.38 bits per heavy atom. The second-order valence-electron chi connectivity index (χ2n) is 5.80. The number of rotatable bonds is 6. The van der Waals surface area contributed by atoms with Crippen molar-refractivity contribution in [3.05, 3.63) is 29.3 Å². The van der Waals surface area contributed by atoms with Crippen molar-refractivity contribution in [2.75, 3.05) is 13.2 Å². The molecule has 0 saturated heterocycles. The van der Waals surface area contributed by atoms with Crippen molar-refractivity contribution < 1.29 is 14.6 Å². The van der Waals surface area contributed by atoms with Gasteiger partial charge in [0.05, 0.1) is 6.61 Å². The molecule has 1 atom stereocenters. The van der Waals surface area contributed by atoms with Crippen LogP contribution in [0, 0.1) is 5.41 Å². The van der Waals surface area contributed by atoms with Crippen LogP contribution in [0.25, 0.3) is 0 Å². The van der Waals surface area contributed by atoms with Gasteiger partial charge in [0.15, 0.2) is 6.10 Å². The van der Waals surface area contributed by atoms with Crippen LogP contribution in [0.5, 0.6) is 5.75 Å². The Morgan fingerprint density at radius 3 is 2.57 bits per heavy atom. The minimum Gasteiger partial charge on any atom is -0.481 e. The highest BCUT2D eigenvalue weighted by Gasteiger charge is 2.33. The van der Waals surface area contributed by atoms with Crippen LogP contribution in [0.2, 0.25) is 5.02 Å². The van der Waals surface area contributed by atoms with Gasteiger partial charge < -0.3 is 15.2 Å². The molecular formula is C16H22ClNO3. The zero-order chi connectivity index (χ0) is 15.3. The molecule has 0 spiro atoms. The van der Waals surface area contributed by atoms with Crippen molar-refractivity contribution >= 4 is 17.5 Å². The Morgan fingerprint density at radius 2 is 2.00 bits per heavy atom. The summed E-state index contributed by atoms with van der Waals surface area (Å²) in [6.07, 6.45) is 3.59. The third-order valence-electron chi connectivity index (χ3n) is 4.13. The molecule has 116 valence electrons. The molecule has 2 rings (SSSR count). The second-order valence-corrected chi connectivity index (χ2v) is 6.23. The number of carbonyl (C=O) groups excluding carboxylic acids is 1. The average Bonchev–Trinajstić information content (AvgIpc) is 2.96. The number of hydrogen-bond donors (Lipinski definition) is 2. The lowest BCUT2D eigenvalue weighted by Crippen LogP contribution is -2.43. The molecule has 0 bridgehead atoms. The van der Waals surface area contributed by atoms with Gasteiger partial charge >= 0.3 is 0 Å². The van der Waals surface area contributed by atoms with E-state index >= 15 is 0 Å². The Kier molecular flexibility index (Phi) is 5.48. The van der Waals surface area contributed by atoms with Crippen molar-refractivity contribution in [3.63, 3.8) is 0 Å². The number of benzene rings is 1. The van der Waals surface area contributed by atoms with E-state index in [-0.39, 0.29) is 17.9 Å². The first-order valence-electron chi connectivity index (χ1n) is 7.35. The number of aliphatic hydroxyl groups is 1. The molecule has 1 aromatic rings. The SMILES string of the molecule is CC(Oc1ccc(Cl)cc1)C(=O)NCC1(CO)CCCC1. The van der Waals surface area contributed by atoms with Crippen molar-refractivity contribution in [3.8, 4) is 5.75 Å². The number of ether oxygens (including phenoxy) is 1. The molecule has 0 aromatic heterocycles. The maximum absolute atomic E-state index is 12.1. The predicted octanol–water partition coefficient (Wildman–Crippen LogP) is 2.78. The van der Waals surface area contributed by atoms with Gasteiger partial charge in [-0.15, -0.1) is 0 Å². The minimum absolute atomic E-state index is 0.125. The molecule has 4 nitrogen and oxygen atoms in total. The van der Waals surface area contributed by atoms with Gasteiger partial charge in [-0.3, -0.25) is 4.79 Å². The molecule has 21 heavy (non-hydrogen) atoms. The molecule has 0 aliphatic heterocycles. The molecular weight excluding hydrogens is 290 g/mol. The van der Waals surface area contributed by atoms with Gasteiger partial charge in [-0.1, -0.05) is 24.4 Å². The van der Waals surface area contributed by atoms with Gasteiger partial charge in [-0.2, -0.15) is 0 Å². The standard InChI is InChI=1S/C16H22ClNO3/c1-12(21-14-6-4-13(17)5-7-14)15(20)18-10-16(11-19)8-2-3-9-16/h4-7,12,19H,2-3,8-11H2,1H3,(H,18,20). The maximum atomic E-state index is 12.1. The maximum Gasteiger partial charge on any atom is 0.260 e. The Hall–Kier alpha value is -1.26. The van der Waals surface area contributed by atoms with Crippen LogP contribution >= 0.6 is 11.6 Å². The zero-order valence-electron chi connectivity index (χ0n) is 12.3. The Bertz CT molecular complexity index is 469. The first-order chi connectivity index (χ1) is 10.0. The normalized spacial score (nSPS) is 18.2. The van der Waals surface area contributed by atoms with Crippen LogP contribution in [-0.4, -0.2) is 30.3 Å². The van der Waals surface area contributed by atoms with Crippen LogP contribution in [0.3, 0.4) is 0 Å². The number of carbonyl (C=O) groups is 1. The van der Waals surface area contributed by atoms with Crippen molar-refractivity contribution in [2.45, 2.75) is 38.7 Å². The van der Waals surface area contributed by atoms with Crippen molar-refractivity contribution in [1.82, 2.24) is 5.32 Å². The molecule has 0 radical (unpaired) electrons. The topological polar surface area (TPSA) is 58.6 Å². The largest absolute Gasteiger partial charge is 0.481 e. The van der Waals surface area contributed by atoms with E-state index in [1.54, 1.807) is 31.2 Å². The zero-order valence-corrected chi connectivity index (χ0v) is 13.0. The Balaban J connectivity index is 1.83.